The quantitative estimate of drug-likeness (QED) is 0.776. The van der Waals surface area contributed by atoms with Crippen LogP contribution >= 0.6 is 0 Å². The normalized spacial score (nSPS) is 14.6. The summed E-state index contributed by atoms with van der Waals surface area (Å²) < 4.78 is 7.05. The number of rotatable bonds is 4. The number of fused-ring (bicyclic) bond motifs is 1. The number of para-hydroxylation sites is 1. The van der Waals surface area contributed by atoms with Gasteiger partial charge in [-0.25, -0.2) is 9.50 Å². The molecule has 3 heterocycles. The van der Waals surface area contributed by atoms with E-state index in [1.807, 2.05) is 37.4 Å². The van der Waals surface area contributed by atoms with Crippen LogP contribution in [0.4, 0.5) is 5.69 Å². The van der Waals surface area contributed by atoms with E-state index < -0.39 is 0 Å². The molecule has 1 aliphatic heterocycles. The van der Waals surface area contributed by atoms with Gasteiger partial charge in [-0.15, -0.1) is 0 Å². The van der Waals surface area contributed by atoms with Crippen LogP contribution in [0, 0.1) is 6.92 Å². The molecule has 3 aromatic rings. The largest absolute Gasteiger partial charge is 0.378 e. The maximum atomic E-state index is 12.7. The molecule has 0 spiro atoms. The van der Waals surface area contributed by atoms with Gasteiger partial charge in [-0.2, -0.15) is 5.10 Å². The highest BCUT2D eigenvalue weighted by Crippen LogP contribution is 2.21. The average molecular weight is 351 g/mol. The van der Waals surface area contributed by atoms with Crippen LogP contribution in [0.5, 0.6) is 0 Å². The second-order valence-electron chi connectivity index (χ2n) is 6.31. The van der Waals surface area contributed by atoms with Crippen molar-refractivity contribution in [3.8, 4) is 0 Å². The molecule has 1 amide bonds. The molecule has 1 aromatic carbocycles. The van der Waals surface area contributed by atoms with Gasteiger partial charge in [0.1, 0.15) is 5.56 Å². The first-order valence-electron chi connectivity index (χ1n) is 8.72. The van der Waals surface area contributed by atoms with Crippen molar-refractivity contribution in [3.63, 3.8) is 0 Å². The standard InChI is InChI=1S/C19H21N5O2/c1-14-6-7-24-18(22-14)16(13-21-24)19(25)20-12-15-4-2-3-5-17(15)23-8-10-26-11-9-23/h2-7,13H,8-12H2,1H3,(H,20,25). The smallest absolute Gasteiger partial charge is 0.257 e. The van der Waals surface area contributed by atoms with Crippen LogP contribution in [0.2, 0.25) is 0 Å². The SMILES string of the molecule is Cc1ccn2ncc(C(=O)NCc3ccccc3N3CCOCC3)c2n1. The molecule has 1 aliphatic rings. The zero-order chi connectivity index (χ0) is 17.9. The molecule has 26 heavy (non-hydrogen) atoms. The Labute approximate surface area is 151 Å². The van der Waals surface area contributed by atoms with Crippen LogP contribution in [0.25, 0.3) is 5.65 Å². The predicted octanol–water partition coefficient (Wildman–Crippen LogP) is 1.80. The zero-order valence-electron chi connectivity index (χ0n) is 14.7. The summed E-state index contributed by atoms with van der Waals surface area (Å²) >= 11 is 0. The summed E-state index contributed by atoms with van der Waals surface area (Å²) in [5.41, 5.74) is 4.14. The lowest BCUT2D eigenvalue weighted by atomic mass is 10.1. The van der Waals surface area contributed by atoms with Crippen LogP contribution in [0.1, 0.15) is 21.6 Å². The lowest BCUT2D eigenvalue weighted by Gasteiger charge is -2.30. The Morgan fingerprint density at radius 2 is 2.04 bits per heavy atom. The van der Waals surface area contributed by atoms with Crippen LogP contribution in [0.3, 0.4) is 0 Å². The van der Waals surface area contributed by atoms with Gasteiger partial charge >= 0.3 is 0 Å². The minimum Gasteiger partial charge on any atom is -0.378 e. The van der Waals surface area contributed by atoms with Crippen LogP contribution in [0.15, 0.2) is 42.7 Å². The highest BCUT2D eigenvalue weighted by molar-refractivity contribution is 5.99. The van der Waals surface area contributed by atoms with Gasteiger partial charge in [0.05, 0.1) is 19.4 Å². The van der Waals surface area contributed by atoms with E-state index in [1.54, 1.807) is 10.7 Å². The molecule has 7 heteroatoms. The molecule has 7 nitrogen and oxygen atoms in total. The Morgan fingerprint density at radius 1 is 1.23 bits per heavy atom. The van der Waals surface area contributed by atoms with E-state index in [-0.39, 0.29) is 5.91 Å². The van der Waals surface area contributed by atoms with Crippen molar-refractivity contribution in [2.75, 3.05) is 31.2 Å². The molecule has 134 valence electrons. The average Bonchev–Trinajstić information content (AvgIpc) is 3.10. The maximum absolute atomic E-state index is 12.7. The molecule has 1 saturated heterocycles. The third kappa shape index (κ3) is 3.25. The number of nitrogens with zero attached hydrogens (tertiary/aromatic N) is 4. The van der Waals surface area contributed by atoms with Gasteiger partial charge in [0, 0.05) is 37.2 Å². The van der Waals surface area contributed by atoms with E-state index in [9.17, 15) is 4.79 Å². The first-order valence-corrected chi connectivity index (χ1v) is 8.72. The van der Waals surface area contributed by atoms with Gasteiger partial charge in [-0.05, 0) is 24.6 Å². The van der Waals surface area contributed by atoms with Gasteiger partial charge in [0.15, 0.2) is 5.65 Å². The number of aromatic nitrogens is 3. The molecule has 0 bridgehead atoms. The Morgan fingerprint density at radius 3 is 2.88 bits per heavy atom. The fraction of sp³-hybridized carbons (Fsp3) is 0.316. The number of carbonyl (C=O) groups excluding carboxylic acids is 1. The van der Waals surface area contributed by atoms with Gasteiger partial charge < -0.3 is 15.0 Å². The summed E-state index contributed by atoms with van der Waals surface area (Å²) in [5, 5.41) is 7.20. The number of ether oxygens (including phenoxy) is 1. The lowest BCUT2D eigenvalue weighted by Crippen LogP contribution is -2.37. The number of morpholine rings is 1. The van der Waals surface area contributed by atoms with Crippen molar-refractivity contribution in [2.45, 2.75) is 13.5 Å². The number of nitrogens with one attached hydrogen (secondary N) is 1. The van der Waals surface area contributed by atoms with Crippen molar-refractivity contribution in [3.05, 3.63) is 59.5 Å². The summed E-state index contributed by atoms with van der Waals surface area (Å²) in [7, 11) is 0. The fourth-order valence-electron chi connectivity index (χ4n) is 3.16. The van der Waals surface area contributed by atoms with E-state index in [0.29, 0.717) is 17.8 Å². The number of anilines is 1. The van der Waals surface area contributed by atoms with Crippen LogP contribution in [-0.4, -0.2) is 46.8 Å². The highest BCUT2D eigenvalue weighted by Gasteiger charge is 2.17. The third-order valence-electron chi connectivity index (χ3n) is 4.54. The van der Waals surface area contributed by atoms with Gasteiger partial charge in [0.2, 0.25) is 0 Å². The molecule has 1 N–H and O–H groups in total. The Balaban J connectivity index is 1.52. The fourth-order valence-corrected chi connectivity index (χ4v) is 3.16. The molecule has 0 unspecified atom stereocenters. The lowest BCUT2D eigenvalue weighted by molar-refractivity contribution is 0.0952. The first kappa shape index (κ1) is 16.5. The van der Waals surface area contributed by atoms with Crippen molar-refractivity contribution >= 4 is 17.2 Å². The minimum absolute atomic E-state index is 0.171. The number of aryl methyl sites for hydroxylation is 1. The molecular weight excluding hydrogens is 330 g/mol. The van der Waals surface area contributed by atoms with E-state index in [2.05, 4.69) is 26.4 Å². The number of hydrogen-bond donors (Lipinski definition) is 1. The van der Waals surface area contributed by atoms with Crippen LogP contribution < -0.4 is 10.2 Å². The van der Waals surface area contributed by atoms with E-state index in [1.165, 1.54) is 0 Å². The Bertz CT molecular complexity index is 931. The minimum atomic E-state index is -0.171. The Hall–Kier alpha value is -2.93. The van der Waals surface area contributed by atoms with Gasteiger partial charge in [-0.1, -0.05) is 18.2 Å². The highest BCUT2D eigenvalue weighted by atomic mass is 16.5. The molecule has 2 aromatic heterocycles. The first-order chi connectivity index (χ1) is 12.7. The summed E-state index contributed by atoms with van der Waals surface area (Å²) in [4.78, 5) is 19.4. The van der Waals surface area contributed by atoms with Crippen molar-refractivity contribution < 1.29 is 9.53 Å². The molecule has 0 saturated carbocycles. The van der Waals surface area contributed by atoms with Crippen molar-refractivity contribution in [2.24, 2.45) is 0 Å². The van der Waals surface area contributed by atoms with Gasteiger partial charge in [0.25, 0.3) is 5.91 Å². The van der Waals surface area contributed by atoms with Gasteiger partial charge in [-0.3, -0.25) is 4.79 Å². The van der Waals surface area contributed by atoms with Crippen molar-refractivity contribution in [1.29, 1.82) is 0 Å². The number of hydrogen-bond acceptors (Lipinski definition) is 5. The number of carbonyl (C=O) groups is 1. The summed E-state index contributed by atoms with van der Waals surface area (Å²) in [6.07, 6.45) is 3.37. The second-order valence-corrected chi connectivity index (χ2v) is 6.31. The Kier molecular flexibility index (Phi) is 4.53. The molecule has 0 radical (unpaired) electrons. The molecule has 0 atom stereocenters. The molecular formula is C19H21N5O2. The molecule has 4 rings (SSSR count). The summed E-state index contributed by atoms with van der Waals surface area (Å²) in [5.74, 6) is -0.171. The van der Waals surface area contributed by atoms with E-state index >= 15 is 0 Å². The molecule has 0 aliphatic carbocycles. The summed E-state index contributed by atoms with van der Waals surface area (Å²) in [6, 6.07) is 10.0. The van der Waals surface area contributed by atoms with E-state index in [4.69, 9.17) is 4.74 Å². The maximum Gasteiger partial charge on any atom is 0.257 e. The second kappa shape index (κ2) is 7.13. The van der Waals surface area contributed by atoms with E-state index in [0.717, 1.165) is 43.2 Å². The number of amides is 1. The summed E-state index contributed by atoms with van der Waals surface area (Å²) in [6.45, 7) is 5.54. The third-order valence-corrected chi connectivity index (χ3v) is 4.54. The monoisotopic (exact) mass is 351 g/mol. The zero-order valence-corrected chi connectivity index (χ0v) is 14.7. The number of benzene rings is 1. The van der Waals surface area contributed by atoms with Crippen molar-refractivity contribution in [1.82, 2.24) is 19.9 Å². The topological polar surface area (TPSA) is 71.8 Å². The van der Waals surface area contributed by atoms with Crippen LogP contribution in [-0.2, 0) is 11.3 Å². The predicted molar refractivity (Wildman–Crippen MR) is 98.4 cm³/mol. The molecule has 1 fully saturated rings.